The van der Waals surface area contributed by atoms with E-state index in [1.54, 1.807) is 0 Å². The van der Waals surface area contributed by atoms with Crippen molar-refractivity contribution in [2.24, 2.45) is 5.92 Å². The summed E-state index contributed by atoms with van der Waals surface area (Å²) in [6, 6.07) is 4.24. The van der Waals surface area contributed by atoms with Gasteiger partial charge in [-0.05, 0) is 36.8 Å². The molecule has 1 nitrogen and oxygen atoms in total. The van der Waals surface area contributed by atoms with Crippen LogP contribution in [0.4, 0.5) is 0 Å². The molecule has 0 aliphatic rings. The van der Waals surface area contributed by atoms with Gasteiger partial charge in [-0.15, -0.1) is 0 Å². The lowest BCUT2D eigenvalue weighted by Gasteiger charge is -2.15. The van der Waals surface area contributed by atoms with Gasteiger partial charge in [-0.3, -0.25) is 4.98 Å². The zero-order valence-electron chi connectivity index (χ0n) is 10.2. The minimum absolute atomic E-state index is 0.521. The summed E-state index contributed by atoms with van der Waals surface area (Å²) in [6.45, 7) is 12.8. The molecule has 0 saturated heterocycles. The second-order valence-corrected chi connectivity index (χ2v) is 4.65. The Morgan fingerprint density at radius 1 is 1.33 bits per heavy atom. The first-order chi connectivity index (χ1) is 7.00. The SMILES string of the molecule is C=C(CC(C)c1ccc(C)nc1)C(C)C. The molecule has 0 amide bonds. The zero-order valence-corrected chi connectivity index (χ0v) is 10.2. The molecular formula is C14H21N. The van der Waals surface area contributed by atoms with Gasteiger partial charge in [-0.25, -0.2) is 0 Å². The van der Waals surface area contributed by atoms with Crippen molar-refractivity contribution in [2.45, 2.75) is 40.0 Å². The Morgan fingerprint density at radius 3 is 2.47 bits per heavy atom. The largest absolute Gasteiger partial charge is 0.261 e. The van der Waals surface area contributed by atoms with E-state index < -0.39 is 0 Å². The molecule has 15 heavy (non-hydrogen) atoms. The third kappa shape index (κ3) is 3.50. The first-order valence-electron chi connectivity index (χ1n) is 5.61. The molecule has 1 aromatic heterocycles. The summed E-state index contributed by atoms with van der Waals surface area (Å²) in [4.78, 5) is 4.32. The molecule has 0 N–H and O–H groups in total. The van der Waals surface area contributed by atoms with E-state index >= 15 is 0 Å². The maximum Gasteiger partial charge on any atom is 0.0372 e. The molecule has 1 unspecified atom stereocenters. The molecular weight excluding hydrogens is 182 g/mol. The van der Waals surface area contributed by atoms with Crippen molar-refractivity contribution in [3.8, 4) is 0 Å². The predicted octanol–water partition coefficient (Wildman–Crippen LogP) is 4.10. The second-order valence-electron chi connectivity index (χ2n) is 4.65. The highest BCUT2D eigenvalue weighted by molar-refractivity contribution is 5.19. The minimum atomic E-state index is 0.521. The fraction of sp³-hybridized carbons (Fsp3) is 0.500. The van der Waals surface area contributed by atoms with E-state index in [1.807, 2.05) is 13.1 Å². The van der Waals surface area contributed by atoms with Gasteiger partial charge in [0.1, 0.15) is 0 Å². The van der Waals surface area contributed by atoms with Crippen molar-refractivity contribution < 1.29 is 0 Å². The Bertz CT molecular complexity index is 322. The number of allylic oxidation sites excluding steroid dienone is 1. The maximum atomic E-state index is 4.32. The number of rotatable bonds is 4. The second kappa shape index (κ2) is 5.11. The molecule has 0 radical (unpaired) electrons. The third-order valence-electron chi connectivity index (χ3n) is 2.89. The molecule has 0 aliphatic heterocycles. The lowest BCUT2D eigenvalue weighted by molar-refractivity contribution is 0.653. The summed E-state index contributed by atoms with van der Waals surface area (Å²) < 4.78 is 0. The standard InChI is InChI=1S/C14H21N/c1-10(2)11(3)8-12(4)14-7-6-13(5)15-9-14/h6-7,9-10,12H,3,8H2,1-2,4-5H3. The molecule has 1 atom stereocenters. The molecule has 1 heterocycles. The number of nitrogens with zero attached hydrogens (tertiary/aromatic N) is 1. The highest BCUT2D eigenvalue weighted by Crippen LogP contribution is 2.25. The van der Waals surface area contributed by atoms with Crippen molar-refractivity contribution >= 4 is 0 Å². The maximum absolute atomic E-state index is 4.32. The van der Waals surface area contributed by atoms with Gasteiger partial charge in [0.05, 0.1) is 0 Å². The molecule has 0 aromatic carbocycles. The molecule has 82 valence electrons. The number of pyridine rings is 1. The van der Waals surface area contributed by atoms with Crippen molar-refractivity contribution in [3.05, 3.63) is 41.7 Å². The van der Waals surface area contributed by atoms with Crippen LogP contribution in [-0.2, 0) is 0 Å². The van der Waals surface area contributed by atoms with Gasteiger partial charge in [0, 0.05) is 11.9 Å². The van der Waals surface area contributed by atoms with Gasteiger partial charge >= 0.3 is 0 Å². The van der Waals surface area contributed by atoms with Crippen LogP contribution in [0.25, 0.3) is 0 Å². The zero-order chi connectivity index (χ0) is 11.4. The Labute approximate surface area is 93.2 Å². The van der Waals surface area contributed by atoms with Crippen LogP contribution >= 0.6 is 0 Å². The molecule has 0 spiro atoms. The van der Waals surface area contributed by atoms with Crippen molar-refractivity contribution in [1.82, 2.24) is 4.98 Å². The Hall–Kier alpha value is -1.11. The fourth-order valence-corrected chi connectivity index (χ4v) is 1.52. The Morgan fingerprint density at radius 2 is 2.00 bits per heavy atom. The topological polar surface area (TPSA) is 12.9 Å². The van der Waals surface area contributed by atoms with Crippen LogP contribution in [0, 0.1) is 12.8 Å². The molecule has 1 heteroatoms. The van der Waals surface area contributed by atoms with E-state index in [2.05, 4.69) is 44.5 Å². The van der Waals surface area contributed by atoms with Crippen LogP contribution in [0.15, 0.2) is 30.5 Å². The summed E-state index contributed by atoms with van der Waals surface area (Å²) in [6.07, 6.45) is 3.04. The van der Waals surface area contributed by atoms with Crippen LogP contribution in [0.5, 0.6) is 0 Å². The number of hydrogen-bond donors (Lipinski definition) is 0. The number of hydrogen-bond acceptors (Lipinski definition) is 1. The van der Waals surface area contributed by atoms with Crippen LogP contribution in [0.2, 0.25) is 0 Å². The monoisotopic (exact) mass is 203 g/mol. The summed E-state index contributed by atoms with van der Waals surface area (Å²) in [5, 5.41) is 0. The number of aryl methyl sites for hydroxylation is 1. The summed E-state index contributed by atoms with van der Waals surface area (Å²) in [5.74, 6) is 1.10. The van der Waals surface area contributed by atoms with Gasteiger partial charge < -0.3 is 0 Å². The highest BCUT2D eigenvalue weighted by atomic mass is 14.7. The van der Waals surface area contributed by atoms with Gasteiger partial charge in [0.15, 0.2) is 0 Å². The molecule has 0 saturated carbocycles. The van der Waals surface area contributed by atoms with Gasteiger partial charge in [-0.2, -0.15) is 0 Å². The average molecular weight is 203 g/mol. The van der Waals surface area contributed by atoms with Gasteiger partial charge in [0.2, 0.25) is 0 Å². The fourth-order valence-electron chi connectivity index (χ4n) is 1.52. The quantitative estimate of drug-likeness (QED) is 0.671. The third-order valence-corrected chi connectivity index (χ3v) is 2.89. The first kappa shape index (κ1) is 12.0. The lowest BCUT2D eigenvalue weighted by atomic mass is 9.90. The van der Waals surface area contributed by atoms with E-state index in [0.29, 0.717) is 11.8 Å². The average Bonchev–Trinajstić information content (AvgIpc) is 2.18. The summed E-state index contributed by atoms with van der Waals surface area (Å²) in [5.41, 5.74) is 3.71. The van der Waals surface area contributed by atoms with Crippen molar-refractivity contribution in [3.63, 3.8) is 0 Å². The van der Waals surface area contributed by atoms with Crippen molar-refractivity contribution in [1.29, 1.82) is 0 Å². The van der Waals surface area contributed by atoms with E-state index in [0.717, 1.165) is 12.1 Å². The van der Waals surface area contributed by atoms with Crippen molar-refractivity contribution in [2.75, 3.05) is 0 Å². The molecule has 0 aliphatic carbocycles. The van der Waals surface area contributed by atoms with E-state index in [1.165, 1.54) is 11.1 Å². The Kier molecular flexibility index (Phi) is 4.07. The van der Waals surface area contributed by atoms with E-state index in [-0.39, 0.29) is 0 Å². The van der Waals surface area contributed by atoms with E-state index in [4.69, 9.17) is 0 Å². The van der Waals surface area contributed by atoms with Gasteiger partial charge in [0.25, 0.3) is 0 Å². The van der Waals surface area contributed by atoms with E-state index in [9.17, 15) is 0 Å². The molecule has 1 rings (SSSR count). The molecule has 1 aromatic rings. The van der Waals surface area contributed by atoms with Crippen LogP contribution in [0.1, 0.15) is 44.4 Å². The minimum Gasteiger partial charge on any atom is -0.261 e. The normalized spacial score (nSPS) is 12.9. The van der Waals surface area contributed by atoms with Crippen LogP contribution in [-0.4, -0.2) is 4.98 Å². The van der Waals surface area contributed by atoms with Gasteiger partial charge in [-0.1, -0.05) is 39.0 Å². The number of aromatic nitrogens is 1. The lowest BCUT2D eigenvalue weighted by Crippen LogP contribution is -2.00. The smallest absolute Gasteiger partial charge is 0.0372 e. The molecule has 0 fully saturated rings. The Balaban J connectivity index is 2.65. The van der Waals surface area contributed by atoms with Crippen LogP contribution < -0.4 is 0 Å². The summed E-state index contributed by atoms with van der Waals surface area (Å²) >= 11 is 0. The molecule has 0 bridgehead atoms. The predicted molar refractivity (Wildman–Crippen MR) is 66.0 cm³/mol. The van der Waals surface area contributed by atoms with Crippen LogP contribution in [0.3, 0.4) is 0 Å². The highest BCUT2D eigenvalue weighted by Gasteiger charge is 2.09. The summed E-state index contributed by atoms with van der Waals surface area (Å²) in [7, 11) is 0. The first-order valence-corrected chi connectivity index (χ1v) is 5.61.